The number of likely N-dealkylation sites (N-methyl/N-ethyl adjacent to an activating group) is 1. The van der Waals surface area contributed by atoms with E-state index in [1.54, 1.807) is 0 Å². The summed E-state index contributed by atoms with van der Waals surface area (Å²) in [5, 5.41) is 0. The summed E-state index contributed by atoms with van der Waals surface area (Å²) in [7, 11) is 2.07. The lowest BCUT2D eigenvalue weighted by atomic mass is 10.2. The van der Waals surface area contributed by atoms with Crippen LogP contribution in [0.5, 0.6) is 0 Å². The van der Waals surface area contributed by atoms with Crippen LogP contribution < -0.4 is 5.73 Å². The highest BCUT2D eigenvalue weighted by molar-refractivity contribution is 4.64. The Balaban J connectivity index is 3.53. The van der Waals surface area contributed by atoms with E-state index >= 15 is 0 Å². The van der Waals surface area contributed by atoms with Crippen molar-refractivity contribution in [3.05, 3.63) is 0 Å². The summed E-state index contributed by atoms with van der Waals surface area (Å²) in [6.45, 7) is 10.7. The van der Waals surface area contributed by atoms with Crippen LogP contribution in [0, 0.1) is 0 Å². The molecule has 0 rings (SSSR count). The second-order valence-electron chi connectivity index (χ2n) is 4.53. The molecule has 3 heteroatoms. The molecule has 0 aromatic carbocycles. The zero-order valence-corrected chi connectivity index (χ0v) is 9.63. The molecule has 80 valence electrons. The van der Waals surface area contributed by atoms with Crippen LogP contribution in [0.15, 0.2) is 0 Å². The number of hydrogen-bond acceptors (Lipinski definition) is 3. The highest BCUT2D eigenvalue weighted by atomic mass is 16.5. The fourth-order valence-electron chi connectivity index (χ4n) is 0.896. The Morgan fingerprint density at radius 1 is 1.38 bits per heavy atom. The minimum Gasteiger partial charge on any atom is -0.375 e. The number of nitrogens with zero attached hydrogens (tertiary/aromatic N) is 1. The molecule has 0 aliphatic rings. The third kappa shape index (κ3) is 6.99. The first-order chi connectivity index (χ1) is 5.87. The highest BCUT2D eigenvalue weighted by Gasteiger charge is 2.11. The molecule has 0 bridgehead atoms. The Bertz CT molecular complexity index is 131. The summed E-state index contributed by atoms with van der Waals surface area (Å²) in [4.78, 5) is 2.21. The summed E-state index contributed by atoms with van der Waals surface area (Å²) < 4.78 is 5.61. The molecule has 0 aliphatic heterocycles. The second kappa shape index (κ2) is 5.58. The van der Waals surface area contributed by atoms with E-state index in [0.717, 1.165) is 13.2 Å². The lowest BCUT2D eigenvalue weighted by Gasteiger charge is -2.26. The van der Waals surface area contributed by atoms with Gasteiger partial charge in [-0.2, -0.15) is 0 Å². The van der Waals surface area contributed by atoms with Crippen molar-refractivity contribution in [2.75, 3.05) is 26.7 Å². The smallest absolute Gasteiger partial charge is 0.0600 e. The maximum Gasteiger partial charge on any atom is 0.0600 e. The lowest BCUT2D eigenvalue weighted by Crippen LogP contribution is -2.38. The normalized spacial score (nSPS) is 15.0. The van der Waals surface area contributed by atoms with Crippen molar-refractivity contribution in [3.8, 4) is 0 Å². The first-order valence-corrected chi connectivity index (χ1v) is 4.91. The van der Waals surface area contributed by atoms with Crippen molar-refractivity contribution in [2.45, 2.75) is 39.3 Å². The predicted octanol–water partition coefficient (Wildman–Crippen LogP) is 1.08. The van der Waals surface area contributed by atoms with Crippen LogP contribution in [0.4, 0.5) is 0 Å². The fourth-order valence-corrected chi connectivity index (χ4v) is 0.896. The van der Waals surface area contributed by atoms with E-state index < -0.39 is 0 Å². The molecule has 1 atom stereocenters. The Kier molecular flexibility index (Phi) is 5.53. The minimum atomic E-state index is -0.0349. The molecule has 0 aromatic rings. The molecular weight excluding hydrogens is 164 g/mol. The van der Waals surface area contributed by atoms with Gasteiger partial charge in [-0.3, -0.25) is 0 Å². The Morgan fingerprint density at radius 2 is 1.92 bits per heavy atom. The van der Waals surface area contributed by atoms with Crippen molar-refractivity contribution in [1.29, 1.82) is 0 Å². The van der Waals surface area contributed by atoms with Crippen LogP contribution in [-0.4, -0.2) is 43.3 Å². The van der Waals surface area contributed by atoms with E-state index in [-0.39, 0.29) is 5.60 Å². The molecule has 0 heterocycles. The molecule has 0 aliphatic carbocycles. The molecule has 0 radical (unpaired) electrons. The van der Waals surface area contributed by atoms with Crippen LogP contribution in [0.1, 0.15) is 27.7 Å². The molecule has 0 saturated carbocycles. The number of ether oxygens (including phenoxy) is 1. The third-order valence-corrected chi connectivity index (χ3v) is 2.07. The summed E-state index contributed by atoms with van der Waals surface area (Å²) in [6.07, 6.45) is 0. The lowest BCUT2D eigenvalue weighted by molar-refractivity contribution is -0.0134. The van der Waals surface area contributed by atoms with Crippen LogP contribution in [-0.2, 0) is 4.74 Å². The zero-order chi connectivity index (χ0) is 10.5. The Labute approximate surface area is 82.2 Å². The van der Waals surface area contributed by atoms with Crippen molar-refractivity contribution in [2.24, 2.45) is 5.73 Å². The third-order valence-electron chi connectivity index (χ3n) is 2.07. The van der Waals surface area contributed by atoms with Gasteiger partial charge in [-0.25, -0.2) is 0 Å². The maximum atomic E-state index is 5.61. The van der Waals surface area contributed by atoms with Crippen LogP contribution >= 0.6 is 0 Å². The number of hydrogen-bond donors (Lipinski definition) is 1. The van der Waals surface area contributed by atoms with Crippen molar-refractivity contribution < 1.29 is 4.74 Å². The van der Waals surface area contributed by atoms with E-state index in [0.29, 0.717) is 12.6 Å². The first kappa shape index (κ1) is 12.9. The summed E-state index contributed by atoms with van der Waals surface area (Å²) >= 11 is 0. The second-order valence-corrected chi connectivity index (χ2v) is 4.53. The van der Waals surface area contributed by atoms with Gasteiger partial charge in [0.05, 0.1) is 12.2 Å². The van der Waals surface area contributed by atoms with Crippen molar-refractivity contribution in [1.82, 2.24) is 4.90 Å². The van der Waals surface area contributed by atoms with E-state index in [1.165, 1.54) is 0 Å². The zero-order valence-electron chi connectivity index (χ0n) is 9.63. The number of nitrogens with two attached hydrogens (primary N) is 1. The molecule has 0 aromatic heterocycles. The van der Waals surface area contributed by atoms with Crippen LogP contribution in [0.2, 0.25) is 0 Å². The predicted molar refractivity (Wildman–Crippen MR) is 56.9 cm³/mol. The monoisotopic (exact) mass is 188 g/mol. The van der Waals surface area contributed by atoms with Gasteiger partial charge in [-0.1, -0.05) is 0 Å². The quantitative estimate of drug-likeness (QED) is 0.701. The van der Waals surface area contributed by atoms with Gasteiger partial charge in [0, 0.05) is 19.1 Å². The van der Waals surface area contributed by atoms with Gasteiger partial charge in [0.15, 0.2) is 0 Å². The summed E-state index contributed by atoms with van der Waals surface area (Å²) in [5.74, 6) is 0. The van der Waals surface area contributed by atoms with E-state index in [1.807, 2.05) is 0 Å². The molecule has 0 spiro atoms. The Hall–Kier alpha value is -0.120. The van der Waals surface area contributed by atoms with Crippen LogP contribution in [0.25, 0.3) is 0 Å². The van der Waals surface area contributed by atoms with E-state index in [2.05, 4.69) is 39.6 Å². The standard InChI is InChI=1S/C10H24N2O/c1-9(8-11)12(5)6-7-13-10(2,3)4/h9H,6-8,11H2,1-5H3. The molecule has 0 amide bonds. The number of rotatable bonds is 5. The molecule has 13 heavy (non-hydrogen) atoms. The van der Waals surface area contributed by atoms with E-state index in [9.17, 15) is 0 Å². The molecule has 2 N–H and O–H groups in total. The largest absolute Gasteiger partial charge is 0.375 e. The van der Waals surface area contributed by atoms with Gasteiger partial charge < -0.3 is 15.4 Å². The van der Waals surface area contributed by atoms with Gasteiger partial charge in [-0.15, -0.1) is 0 Å². The molecular formula is C10H24N2O. The fraction of sp³-hybridized carbons (Fsp3) is 1.00. The molecule has 3 nitrogen and oxygen atoms in total. The molecule has 0 fully saturated rings. The molecule has 1 unspecified atom stereocenters. The average molecular weight is 188 g/mol. The van der Waals surface area contributed by atoms with Gasteiger partial charge in [0.25, 0.3) is 0 Å². The topological polar surface area (TPSA) is 38.5 Å². The van der Waals surface area contributed by atoms with Crippen LogP contribution in [0.3, 0.4) is 0 Å². The SMILES string of the molecule is CC(CN)N(C)CCOC(C)(C)C. The van der Waals surface area contributed by atoms with Crippen molar-refractivity contribution in [3.63, 3.8) is 0 Å². The minimum absolute atomic E-state index is 0.0349. The molecule has 0 saturated heterocycles. The van der Waals surface area contributed by atoms with E-state index in [4.69, 9.17) is 10.5 Å². The van der Waals surface area contributed by atoms with Gasteiger partial charge in [0.1, 0.15) is 0 Å². The van der Waals surface area contributed by atoms with Gasteiger partial charge in [0.2, 0.25) is 0 Å². The summed E-state index contributed by atoms with van der Waals surface area (Å²) in [5.41, 5.74) is 5.51. The van der Waals surface area contributed by atoms with Gasteiger partial charge in [-0.05, 0) is 34.7 Å². The Morgan fingerprint density at radius 3 is 2.31 bits per heavy atom. The summed E-state index contributed by atoms with van der Waals surface area (Å²) in [6, 6.07) is 0.434. The maximum absolute atomic E-state index is 5.61. The van der Waals surface area contributed by atoms with Gasteiger partial charge >= 0.3 is 0 Å². The highest BCUT2D eigenvalue weighted by Crippen LogP contribution is 2.06. The first-order valence-electron chi connectivity index (χ1n) is 4.91. The van der Waals surface area contributed by atoms with Crippen molar-refractivity contribution >= 4 is 0 Å². The average Bonchev–Trinajstić information content (AvgIpc) is 2.00.